The minimum atomic E-state index is -0.480. The van der Waals surface area contributed by atoms with E-state index in [0.29, 0.717) is 29.2 Å². The predicted molar refractivity (Wildman–Crippen MR) is 69.4 cm³/mol. The highest BCUT2D eigenvalue weighted by atomic mass is 35.5. The van der Waals surface area contributed by atoms with Gasteiger partial charge in [-0.1, -0.05) is 11.6 Å². The molecule has 1 unspecified atom stereocenters. The number of carbonyl (C=O) groups excluding carboxylic acids is 2. The monoisotopic (exact) mass is 267 g/mol. The third-order valence-corrected chi connectivity index (χ3v) is 2.99. The Morgan fingerprint density at radius 1 is 1.44 bits per heavy atom. The third-order valence-electron chi connectivity index (χ3n) is 2.77. The molecule has 1 atom stereocenters. The standard InChI is InChI=1S/C12H14ClN3O2/c13-8-4-7(5-9(14)6-8)11(17)16-10-2-1-3-15-12(10)18/h4-6,10H,1-3,14H2,(H,15,18)(H,16,17). The normalized spacial score (nSPS) is 19.2. The number of nitrogens with two attached hydrogens (primary N) is 1. The molecule has 0 saturated carbocycles. The average Bonchev–Trinajstić information content (AvgIpc) is 2.31. The van der Waals surface area contributed by atoms with Gasteiger partial charge in [0.1, 0.15) is 6.04 Å². The number of rotatable bonds is 2. The van der Waals surface area contributed by atoms with Gasteiger partial charge in [-0.3, -0.25) is 9.59 Å². The molecule has 1 aliphatic rings. The van der Waals surface area contributed by atoms with E-state index in [9.17, 15) is 9.59 Å². The summed E-state index contributed by atoms with van der Waals surface area (Å²) >= 11 is 5.83. The van der Waals surface area contributed by atoms with Crippen molar-refractivity contribution in [1.82, 2.24) is 10.6 Å². The number of nitrogen functional groups attached to an aromatic ring is 1. The van der Waals surface area contributed by atoms with E-state index in [0.717, 1.165) is 6.42 Å². The Hall–Kier alpha value is -1.75. The molecule has 2 rings (SSSR count). The Morgan fingerprint density at radius 3 is 2.89 bits per heavy atom. The Morgan fingerprint density at radius 2 is 2.22 bits per heavy atom. The van der Waals surface area contributed by atoms with Gasteiger partial charge in [0, 0.05) is 22.8 Å². The molecule has 0 aromatic heterocycles. The quantitative estimate of drug-likeness (QED) is 0.697. The number of hydrogen-bond acceptors (Lipinski definition) is 3. The molecule has 0 radical (unpaired) electrons. The van der Waals surface area contributed by atoms with Crippen LogP contribution >= 0.6 is 11.6 Å². The maximum Gasteiger partial charge on any atom is 0.252 e. The molecular weight excluding hydrogens is 254 g/mol. The lowest BCUT2D eigenvalue weighted by atomic mass is 10.1. The molecule has 0 bridgehead atoms. The Bertz CT molecular complexity index is 470. The average molecular weight is 268 g/mol. The minimum absolute atomic E-state index is 0.149. The number of anilines is 1. The lowest BCUT2D eigenvalue weighted by molar-refractivity contribution is -0.124. The highest BCUT2D eigenvalue weighted by molar-refractivity contribution is 6.31. The van der Waals surface area contributed by atoms with Crippen molar-refractivity contribution in [1.29, 1.82) is 0 Å². The van der Waals surface area contributed by atoms with Crippen molar-refractivity contribution in [3.05, 3.63) is 28.8 Å². The SMILES string of the molecule is Nc1cc(Cl)cc(C(=O)NC2CCCNC2=O)c1. The van der Waals surface area contributed by atoms with Gasteiger partial charge in [-0.05, 0) is 31.0 Å². The molecule has 18 heavy (non-hydrogen) atoms. The van der Waals surface area contributed by atoms with Gasteiger partial charge in [-0.15, -0.1) is 0 Å². The number of amides is 2. The summed E-state index contributed by atoms with van der Waals surface area (Å²) in [6, 6.07) is 4.13. The second-order valence-electron chi connectivity index (χ2n) is 4.23. The molecule has 4 N–H and O–H groups in total. The Labute approximate surface area is 110 Å². The summed E-state index contributed by atoms with van der Waals surface area (Å²) in [6.45, 7) is 0.662. The largest absolute Gasteiger partial charge is 0.399 e. The van der Waals surface area contributed by atoms with E-state index < -0.39 is 6.04 Å². The first kappa shape index (κ1) is 12.7. The van der Waals surface area contributed by atoms with Gasteiger partial charge >= 0.3 is 0 Å². The smallest absolute Gasteiger partial charge is 0.252 e. The van der Waals surface area contributed by atoms with Gasteiger partial charge in [-0.2, -0.15) is 0 Å². The van der Waals surface area contributed by atoms with Crippen molar-refractivity contribution in [2.24, 2.45) is 0 Å². The van der Waals surface area contributed by atoms with Crippen LogP contribution < -0.4 is 16.4 Å². The Balaban J connectivity index is 2.09. The summed E-state index contributed by atoms with van der Waals surface area (Å²) in [5, 5.41) is 5.78. The predicted octanol–water partition coefficient (Wildman–Crippen LogP) is 0.931. The van der Waals surface area contributed by atoms with Crippen molar-refractivity contribution in [3.63, 3.8) is 0 Å². The number of nitrogens with one attached hydrogen (secondary N) is 2. The molecular formula is C12H14ClN3O2. The van der Waals surface area contributed by atoms with Crippen LogP contribution in [0, 0.1) is 0 Å². The van der Waals surface area contributed by atoms with E-state index in [1.807, 2.05) is 0 Å². The van der Waals surface area contributed by atoms with Gasteiger partial charge in [0.15, 0.2) is 0 Å². The van der Waals surface area contributed by atoms with Gasteiger partial charge in [0.05, 0.1) is 0 Å². The first-order valence-electron chi connectivity index (χ1n) is 5.71. The molecule has 1 saturated heterocycles. The number of benzene rings is 1. The molecule has 1 aromatic rings. The topological polar surface area (TPSA) is 84.2 Å². The van der Waals surface area contributed by atoms with Gasteiger partial charge in [-0.25, -0.2) is 0 Å². The molecule has 1 aliphatic heterocycles. The zero-order valence-corrected chi connectivity index (χ0v) is 10.5. The maximum atomic E-state index is 12.0. The number of hydrogen-bond donors (Lipinski definition) is 3. The molecule has 1 heterocycles. The van der Waals surface area contributed by atoms with E-state index in [1.165, 1.54) is 12.1 Å². The summed E-state index contributed by atoms with van der Waals surface area (Å²) in [7, 11) is 0. The lowest BCUT2D eigenvalue weighted by Gasteiger charge is -2.22. The highest BCUT2D eigenvalue weighted by Gasteiger charge is 2.24. The molecule has 1 aromatic carbocycles. The first-order chi connectivity index (χ1) is 8.56. The fourth-order valence-corrected chi connectivity index (χ4v) is 2.14. The van der Waals surface area contributed by atoms with Crippen LogP contribution in [0.4, 0.5) is 5.69 Å². The summed E-state index contributed by atoms with van der Waals surface area (Å²) in [6.07, 6.45) is 1.50. The van der Waals surface area contributed by atoms with Crippen molar-refractivity contribution in [3.8, 4) is 0 Å². The maximum absolute atomic E-state index is 12.0. The minimum Gasteiger partial charge on any atom is -0.399 e. The van der Waals surface area contributed by atoms with Crippen LogP contribution in [0.15, 0.2) is 18.2 Å². The van der Waals surface area contributed by atoms with E-state index in [1.54, 1.807) is 6.07 Å². The van der Waals surface area contributed by atoms with Crippen molar-refractivity contribution < 1.29 is 9.59 Å². The molecule has 0 aliphatic carbocycles. The van der Waals surface area contributed by atoms with E-state index in [-0.39, 0.29) is 11.8 Å². The van der Waals surface area contributed by atoms with Crippen LogP contribution in [0.5, 0.6) is 0 Å². The molecule has 6 heteroatoms. The third kappa shape index (κ3) is 2.92. The fourth-order valence-electron chi connectivity index (χ4n) is 1.89. The fraction of sp³-hybridized carbons (Fsp3) is 0.333. The van der Waals surface area contributed by atoms with Crippen LogP contribution in [-0.2, 0) is 4.79 Å². The van der Waals surface area contributed by atoms with E-state index in [2.05, 4.69) is 10.6 Å². The lowest BCUT2D eigenvalue weighted by Crippen LogP contribution is -2.50. The summed E-state index contributed by atoms with van der Waals surface area (Å²) in [4.78, 5) is 23.5. The van der Waals surface area contributed by atoms with Gasteiger partial charge < -0.3 is 16.4 Å². The summed E-state index contributed by atoms with van der Waals surface area (Å²) in [5.41, 5.74) is 6.39. The molecule has 5 nitrogen and oxygen atoms in total. The summed E-state index contributed by atoms with van der Waals surface area (Å²) < 4.78 is 0. The molecule has 96 valence electrons. The zero-order chi connectivity index (χ0) is 13.1. The first-order valence-corrected chi connectivity index (χ1v) is 6.09. The van der Waals surface area contributed by atoms with Crippen molar-refractivity contribution in [2.75, 3.05) is 12.3 Å². The zero-order valence-electron chi connectivity index (χ0n) is 9.70. The second kappa shape index (κ2) is 5.27. The summed E-state index contributed by atoms with van der Waals surface area (Å²) in [5.74, 6) is -0.490. The van der Waals surface area contributed by atoms with E-state index >= 15 is 0 Å². The molecule has 0 spiro atoms. The number of halogens is 1. The van der Waals surface area contributed by atoms with Gasteiger partial charge in [0.2, 0.25) is 5.91 Å². The Kier molecular flexibility index (Phi) is 3.72. The molecule has 1 fully saturated rings. The second-order valence-corrected chi connectivity index (χ2v) is 4.67. The van der Waals surface area contributed by atoms with Gasteiger partial charge in [0.25, 0.3) is 5.91 Å². The van der Waals surface area contributed by atoms with Crippen LogP contribution in [-0.4, -0.2) is 24.4 Å². The number of carbonyl (C=O) groups is 2. The van der Waals surface area contributed by atoms with Crippen molar-refractivity contribution >= 4 is 29.1 Å². The number of piperidine rings is 1. The van der Waals surface area contributed by atoms with Crippen LogP contribution in [0.1, 0.15) is 23.2 Å². The van der Waals surface area contributed by atoms with Crippen LogP contribution in [0.25, 0.3) is 0 Å². The van der Waals surface area contributed by atoms with E-state index in [4.69, 9.17) is 17.3 Å². The van der Waals surface area contributed by atoms with Crippen LogP contribution in [0.2, 0.25) is 5.02 Å². The van der Waals surface area contributed by atoms with Crippen LogP contribution in [0.3, 0.4) is 0 Å². The highest BCUT2D eigenvalue weighted by Crippen LogP contribution is 2.17. The molecule has 2 amide bonds. The van der Waals surface area contributed by atoms with Crippen molar-refractivity contribution in [2.45, 2.75) is 18.9 Å².